The van der Waals surface area contributed by atoms with Crippen molar-refractivity contribution in [3.05, 3.63) is 60.7 Å². The molecular formula is C22H28O2Si. The van der Waals surface area contributed by atoms with Gasteiger partial charge in [0, 0.05) is 0 Å². The quantitative estimate of drug-likeness (QED) is 0.615. The van der Waals surface area contributed by atoms with Crippen LogP contribution in [-0.4, -0.2) is 26.6 Å². The van der Waals surface area contributed by atoms with Gasteiger partial charge in [-0.1, -0.05) is 81.4 Å². The van der Waals surface area contributed by atoms with Gasteiger partial charge in [0.2, 0.25) is 0 Å². The molecule has 1 aliphatic heterocycles. The van der Waals surface area contributed by atoms with Crippen molar-refractivity contribution in [1.29, 1.82) is 0 Å². The average molecular weight is 353 g/mol. The summed E-state index contributed by atoms with van der Waals surface area (Å²) in [5.41, 5.74) is 0. The zero-order chi connectivity index (χ0) is 17.5. The number of ether oxygens (including phenoxy) is 1. The van der Waals surface area contributed by atoms with Crippen LogP contribution in [0.2, 0.25) is 5.04 Å². The lowest BCUT2D eigenvalue weighted by Gasteiger charge is -2.45. The Hall–Kier alpha value is -1.42. The van der Waals surface area contributed by atoms with E-state index in [0.717, 1.165) is 6.42 Å². The Morgan fingerprint density at radius 3 is 1.96 bits per heavy atom. The first kappa shape index (κ1) is 17.0. The van der Waals surface area contributed by atoms with Crippen molar-refractivity contribution in [3.8, 4) is 0 Å². The van der Waals surface area contributed by atoms with Crippen LogP contribution >= 0.6 is 0 Å². The van der Waals surface area contributed by atoms with Crippen LogP contribution in [-0.2, 0) is 9.16 Å². The van der Waals surface area contributed by atoms with Crippen LogP contribution in [0.3, 0.4) is 0 Å². The second-order valence-electron chi connectivity index (χ2n) is 8.39. The van der Waals surface area contributed by atoms with Crippen LogP contribution in [0.1, 0.15) is 40.0 Å². The number of fused-ring (bicyclic) bond motifs is 1. The fourth-order valence-electron chi connectivity index (χ4n) is 4.44. The van der Waals surface area contributed by atoms with Gasteiger partial charge in [-0.3, -0.25) is 0 Å². The van der Waals surface area contributed by atoms with Gasteiger partial charge in [-0.15, -0.1) is 0 Å². The van der Waals surface area contributed by atoms with Gasteiger partial charge in [0.25, 0.3) is 8.32 Å². The normalized spacial score (nSPS) is 26.1. The highest BCUT2D eigenvalue weighted by Crippen LogP contribution is 2.43. The lowest BCUT2D eigenvalue weighted by Crippen LogP contribution is -2.68. The summed E-state index contributed by atoms with van der Waals surface area (Å²) in [6.07, 6.45) is 4.51. The van der Waals surface area contributed by atoms with Crippen LogP contribution in [0.25, 0.3) is 0 Å². The van der Waals surface area contributed by atoms with E-state index >= 15 is 0 Å². The molecule has 2 fully saturated rings. The number of benzene rings is 2. The highest BCUT2D eigenvalue weighted by molar-refractivity contribution is 6.99. The van der Waals surface area contributed by atoms with Crippen molar-refractivity contribution in [2.75, 3.05) is 0 Å². The van der Waals surface area contributed by atoms with Crippen LogP contribution in [0.15, 0.2) is 60.7 Å². The standard InChI is InChI=1S/C22H28O2Si/c1-22(2,3)25(17-11-6-4-7-12-17,18-13-8-5-9-14-18)24-20-16-10-15-19-21(20)23-19/h4-9,11-14,19-21H,10,15-16H2,1-3H3/t19-,20-,21-/m1/s1. The molecule has 0 amide bonds. The third-order valence-electron chi connectivity index (χ3n) is 5.71. The van der Waals surface area contributed by atoms with Gasteiger partial charge in [0.15, 0.2) is 0 Å². The molecule has 0 spiro atoms. The summed E-state index contributed by atoms with van der Waals surface area (Å²) in [6, 6.07) is 21.8. The van der Waals surface area contributed by atoms with Crippen molar-refractivity contribution in [2.24, 2.45) is 0 Å². The Morgan fingerprint density at radius 2 is 1.44 bits per heavy atom. The van der Waals surface area contributed by atoms with Crippen molar-refractivity contribution < 1.29 is 9.16 Å². The topological polar surface area (TPSA) is 21.8 Å². The summed E-state index contributed by atoms with van der Waals surface area (Å²) in [6.45, 7) is 7.02. The lowest BCUT2D eigenvalue weighted by atomic mass is 9.98. The molecule has 0 radical (unpaired) electrons. The first-order chi connectivity index (χ1) is 12.0. The fraction of sp³-hybridized carbons (Fsp3) is 0.455. The molecular weight excluding hydrogens is 324 g/mol. The minimum atomic E-state index is -2.43. The van der Waals surface area contributed by atoms with Gasteiger partial charge in [0.1, 0.15) is 6.10 Å². The van der Waals surface area contributed by atoms with Gasteiger partial charge < -0.3 is 9.16 Å². The maximum absolute atomic E-state index is 7.18. The van der Waals surface area contributed by atoms with Crippen molar-refractivity contribution in [2.45, 2.75) is 63.4 Å². The molecule has 0 aromatic heterocycles. The summed E-state index contributed by atoms with van der Waals surface area (Å²) < 4.78 is 13.1. The van der Waals surface area contributed by atoms with Gasteiger partial charge in [-0.25, -0.2) is 0 Å². The largest absolute Gasteiger partial charge is 0.402 e. The Balaban J connectivity index is 1.83. The molecule has 2 aromatic rings. The second kappa shape index (κ2) is 6.38. The molecule has 1 aliphatic carbocycles. The molecule has 132 valence electrons. The van der Waals surface area contributed by atoms with E-state index < -0.39 is 8.32 Å². The van der Waals surface area contributed by atoms with Crippen LogP contribution in [0.5, 0.6) is 0 Å². The number of rotatable bonds is 4. The Kier molecular flexibility index (Phi) is 4.34. The monoisotopic (exact) mass is 352 g/mol. The van der Waals surface area contributed by atoms with E-state index in [9.17, 15) is 0 Å². The van der Waals surface area contributed by atoms with Crippen molar-refractivity contribution >= 4 is 18.7 Å². The predicted octanol–water partition coefficient (Wildman–Crippen LogP) is 3.88. The summed E-state index contributed by atoms with van der Waals surface area (Å²) in [5, 5.41) is 2.75. The molecule has 1 saturated heterocycles. The minimum absolute atomic E-state index is 0.0392. The molecule has 3 atom stereocenters. The van der Waals surface area contributed by atoms with Gasteiger partial charge >= 0.3 is 0 Å². The first-order valence-electron chi connectivity index (χ1n) is 9.47. The molecule has 0 unspecified atom stereocenters. The van der Waals surface area contributed by atoms with Crippen LogP contribution < -0.4 is 10.4 Å². The Bertz CT molecular complexity index is 668. The third-order valence-corrected chi connectivity index (χ3v) is 10.8. The maximum atomic E-state index is 7.18. The molecule has 25 heavy (non-hydrogen) atoms. The first-order valence-corrected chi connectivity index (χ1v) is 11.4. The minimum Gasteiger partial charge on any atom is -0.402 e. The van der Waals surface area contributed by atoms with E-state index in [-0.39, 0.29) is 11.1 Å². The Morgan fingerprint density at radius 1 is 0.880 bits per heavy atom. The van der Waals surface area contributed by atoms with E-state index in [4.69, 9.17) is 9.16 Å². The number of epoxide rings is 1. The average Bonchev–Trinajstić information content (AvgIpc) is 3.40. The van der Waals surface area contributed by atoms with Crippen LogP contribution in [0.4, 0.5) is 0 Å². The number of hydrogen-bond acceptors (Lipinski definition) is 2. The molecule has 2 aromatic carbocycles. The van der Waals surface area contributed by atoms with Gasteiger partial charge in [-0.05, 0) is 34.7 Å². The lowest BCUT2D eigenvalue weighted by molar-refractivity contribution is 0.137. The molecule has 1 saturated carbocycles. The summed E-state index contributed by atoms with van der Waals surface area (Å²) in [7, 11) is -2.43. The van der Waals surface area contributed by atoms with E-state index in [1.165, 1.54) is 23.2 Å². The fourth-order valence-corrected chi connectivity index (χ4v) is 9.17. The zero-order valence-corrected chi connectivity index (χ0v) is 16.4. The van der Waals surface area contributed by atoms with Crippen molar-refractivity contribution in [3.63, 3.8) is 0 Å². The van der Waals surface area contributed by atoms with E-state index in [1.54, 1.807) is 0 Å². The number of hydrogen-bond donors (Lipinski definition) is 0. The van der Waals surface area contributed by atoms with Crippen molar-refractivity contribution in [1.82, 2.24) is 0 Å². The molecule has 2 nitrogen and oxygen atoms in total. The second-order valence-corrected chi connectivity index (χ2v) is 12.6. The molecule has 0 bridgehead atoms. The molecule has 3 heteroatoms. The van der Waals surface area contributed by atoms with E-state index in [2.05, 4.69) is 81.4 Å². The summed E-state index contributed by atoms with van der Waals surface area (Å²) >= 11 is 0. The summed E-state index contributed by atoms with van der Waals surface area (Å²) in [4.78, 5) is 0. The molecule has 4 rings (SSSR count). The van der Waals surface area contributed by atoms with E-state index in [0.29, 0.717) is 12.2 Å². The molecule has 0 N–H and O–H groups in total. The zero-order valence-electron chi connectivity index (χ0n) is 15.4. The molecule has 2 aliphatic rings. The SMILES string of the molecule is CC(C)(C)[Si](O[C@@H]1CCC[C@H]2O[C@H]21)(c1ccccc1)c1ccccc1. The maximum Gasteiger partial charge on any atom is 0.261 e. The molecule has 1 heterocycles. The third kappa shape index (κ3) is 2.99. The van der Waals surface area contributed by atoms with Crippen LogP contribution in [0, 0.1) is 0 Å². The van der Waals surface area contributed by atoms with Gasteiger partial charge in [-0.2, -0.15) is 0 Å². The highest BCUT2D eigenvalue weighted by Gasteiger charge is 2.56. The van der Waals surface area contributed by atoms with E-state index in [1.807, 2.05) is 0 Å². The predicted molar refractivity (Wildman–Crippen MR) is 105 cm³/mol. The highest BCUT2D eigenvalue weighted by atomic mass is 28.4. The van der Waals surface area contributed by atoms with Gasteiger partial charge in [0.05, 0.1) is 12.2 Å². The smallest absolute Gasteiger partial charge is 0.261 e. The summed E-state index contributed by atoms with van der Waals surface area (Å²) in [5.74, 6) is 0. The Labute approximate surface area is 152 Å².